The number of sulfonamides is 1. The maximum absolute atomic E-state index is 12.8. The molecule has 9 heteroatoms. The number of ether oxygens (including phenoxy) is 1. The highest BCUT2D eigenvalue weighted by Crippen LogP contribution is 2.42. The van der Waals surface area contributed by atoms with Crippen molar-refractivity contribution in [1.29, 1.82) is 0 Å². The van der Waals surface area contributed by atoms with Crippen LogP contribution in [0.15, 0.2) is 53.7 Å². The first-order valence-corrected chi connectivity index (χ1v) is 11.2. The molecular formula is C20H22ClN3O4S. The Hall–Kier alpha value is -2.00. The first-order valence-electron chi connectivity index (χ1n) is 9.42. The van der Waals surface area contributed by atoms with Crippen molar-refractivity contribution in [2.75, 3.05) is 19.7 Å². The zero-order valence-electron chi connectivity index (χ0n) is 15.8. The van der Waals surface area contributed by atoms with Gasteiger partial charge in [0.05, 0.1) is 17.2 Å². The van der Waals surface area contributed by atoms with Crippen LogP contribution >= 0.6 is 11.6 Å². The fourth-order valence-electron chi connectivity index (χ4n) is 3.89. The van der Waals surface area contributed by atoms with Gasteiger partial charge in [0.1, 0.15) is 4.90 Å². The lowest BCUT2D eigenvalue weighted by Gasteiger charge is -2.46. The Morgan fingerprint density at radius 3 is 2.69 bits per heavy atom. The van der Waals surface area contributed by atoms with Crippen molar-refractivity contribution < 1.29 is 17.9 Å². The van der Waals surface area contributed by atoms with Crippen LogP contribution in [0, 0.1) is 5.92 Å². The number of rotatable bonds is 6. The molecule has 1 amide bonds. The fourth-order valence-corrected chi connectivity index (χ4v) is 5.97. The number of halogens is 1. The normalized spacial score (nSPS) is 21.1. The number of aromatic nitrogens is 1. The van der Waals surface area contributed by atoms with E-state index in [-0.39, 0.29) is 34.8 Å². The predicted molar refractivity (Wildman–Crippen MR) is 108 cm³/mol. The summed E-state index contributed by atoms with van der Waals surface area (Å²) < 4.78 is 32.8. The van der Waals surface area contributed by atoms with Crippen LogP contribution in [-0.4, -0.2) is 48.9 Å². The van der Waals surface area contributed by atoms with Crippen molar-refractivity contribution in [3.8, 4) is 0 Å². The van der Waals surface area contributed by atoms with E-state index in [0.717, 1.165) is 5.56 Å². The van der Waals surface area contributed by atoms with Crippen molar-refractivity contribution in [1.82, 2.24) is 14.6 Å². The number of amides is 1. The molecule has 1 aromatic heterocycles. The first-order chi connectivity index (χ1) is 13.9. The molecule has 0 aliphatic carbocycles. The van der Waals surface area contributed by atoms with Gasteiger partial charge in [-0.2, -0.15) is 4.31 Å². The van der Waals surface area contributed by atoms with Gasteiger partial charge in [0.2, 0.25) is 15.9 Å². The molecule has 154 valence electrons. The highest BCUT2D eigenvalue weighted by molar-refractivity contribution is 7.89. The maximum atomic E-state index is 12.8. The van der Waals surface area contributed by atoms with E-state index in [1.807, 2.05) is 12.1 Å². The number of hydrogen-bond donors (Lipinski definition) is 1. The molecule has 0 radical (unpaired) electrons. The quantitative estimate of drug-likeness (QED) is 0.751. The van der Waals surface area contributed by atoms with Crippen molar-refractivity contribution >= 4 is 27.5 Å². The lowest BCUT2D eigenvalue weighted by atomic mass is 9.87. The lowest BCUT2D eigenvalue weighted by molar-refractivity contribution is -0.122. The third kappa shape index (κ3) is 4.30. The molecule has 0 saturated carbocycles. The zero-order chi connectivity index (χ0) is 20.5. The zero-order valence-corrected chi connectivity index (χ0v) is 17.3. The second-order valence-electron chi connectivity index (χ2n) is 7.60. The fraction of sp³-hybridized carbons (Fsp3) is 0.400. The average Bonchev–Trinajstić information content (AvgIpc) is 3.10. The number of pyridine rings is 1. The Labute approximate surface area is 175 Å². The number of nitrogens with one attached hydrogen (secondary N) is 1. The molecule has 2 fully saturated rings. The Morgan fingerprint density at radius 2 is 1.97 bits per heavy atom. The number of carbonyl (C=O) groups is 1. The van der Waals surface area contributed by atoms with Crippen LogP contribution in [0.5, 0.6) is 0 Å². The summed E-state index contributed by atoms with van der Waals surface area (Å²) in [5.41, 5.74) is 0.497. The molecule has 0 bridgehead atoms. The predicted octanol–water partition coefficient (Wildman–Crippen LogP) is 2.22. The van der Waals surface area contributed by atoms with E-state index in [0.29, 0.717) is 26.0 Å². The molecule has 2 aliphatic heterocycles. The number of carbonyl (C=O) groups excluding carboxylic acids is 1. The van der Waals surface area contributed by atoms with Crippen LogP contribution < -0.4 is 5.32 Å². The second-order valence-corrected chi connectivity index (χ2v) is 9.92. The molecule has 2 aromatic rings. The minimum atomic E-state index is -3.64. The van der Waals surface area contributed by atoms with Gasteiger partial charge in [0.15, 0.2) is 0 Å². The number of nitrogens with zero attached hydrogens (tertiary/aromatic N) is 2. The van der Waals surface area contributed by atoms with E-state index >= 15 is 0 Å². The summed E-state index contributed by atoms with van der Waals surface area (Å²) in [5, 5.41) is 3.12. The summed E-state index contributed by atoms with van der Waals surface area (Å²) >= 11 is 6.05. The highest BCUT2D eigenvalue weighted by atomic mass is 35.5. The van der Waals surface area contributed by atoms with Gasteiger partial charge in [-0.15, -0.1) is 0 Å². The summed E-state index contributed by atoms with van der Waals surface area (Å²) in [6, 6.07) is 10.1. The molecule has 1 unspecified atom stereocenters. The number of hydrogen-bond acceptors (Lipinski definition) is 5. The van der Waals surface area contributed by atoms with Crippen LogP contribution in [0.2, 0.25) is 5.02 Å². The molecule has 3 heterocycles. The van der Waals surface area contributed by atoms with Crippen LogP contribution in [-0.2, 0) is 26.1 Å². The summed E-state index contributed by atoms with van der Waals surface area (Å²) in [6.45, 7) is 1.50. The Morgan fingerprint density at radius 1 is 1.24 bits per heavy atom. The van der Waals surface area contributed by atoms with Gasteiger partial charge < -0.3 is 10.1 Å². The minimum Gasteiger partial charge on any atom is -0.372 e. The lowest BCUT2D eigenvalue weighted by Crippen LogP contribution is -2.63. The molecular weight excluding hydrogens is 414 g/mol. The van der Waals surface area contributed by atoms with Crippen LogP contribution in [0.1, 0.15) is 18.4 Å². The highest BCUT2D eigenvalue weighted by Gasteiger charge is 2.53. The molecule has 1 N–H and O–H groups in total. The van der Waals surface area contributed by atoms with Crippen molar-refractivity contribution in [3.63, 3.8) is 0 Å². The largest absolute Gasteiger partial charge is 0.372 e. The SMILES string of the molecule is O=C(CC1COC2(C1)CN(S(=O)(=O)c1ccccc1Cl)C2)NCc1ccncc1. The van der Waals surface area contributed by atoms with E-state index in [9.17, 15) is 13.2 Å². The van der Waals surface area contributed by atoms with E-state index < -0.39 is 15.6 Å². The van der Waals surface area contributed by atoms with E-state index in [1.165, 1.54) is 10.4 Å². The summed E-state index contributed by atoms with van der Waals surface area (Å²) in [6.07, 6.45) is 4.42. The monoisotopic (exact) mass is 435 g/mol. The van der Waals surface area contributed by atoms with E-state index in [1.54, 1.807) is 30.6 Å². The molecule has 2 saturated heterocycles. The third-order valence-corrected chi connectivity index (χ3v) is 7.67. The molecule has 1 atom stereocenters. The number of benzene rings is 1. The third-order valence-electron chi connectivity index (χ3n) is 5.38. The van der Waals surface area contributed by atoms with Crippen LogP contribution in [0.4, 0.5) is 0 Å². The molecule has 1 aromatic carbocycles. The van der Waals surface area contributed by atoms with Crippen molar-refractivity contribution in [3.05, 3.63) is 59.4 Å². The van der Waals surface area contributed by atoms with E-state index in [4.69, 9.17) is 16.3 Å². The Bertz CT molecular complexity index is 994. The molecule has 2 aliphatic rings. The maximum Gasteiger partial charge on any atom is 0.244 e. The Balaban J connectivity index is 1.28. The van der Waals surface area contributed by atoms with Gasteiger partial charge >= 0.3 is 0 Å². The van der Waals surface area contributed by atoms with Gasteiger partial charge in [-0.1, -0.05) is 23.7 Å². The smallest absolute Gasteiger partial charge is 0.244 e. The van der Waals surface area contributed by atoms with Gasteiger partial charge in [-0.25, -0.2) is 8.42 Å². The minimum absolute atomic E-state index is 0.0349. The van der Waals surface area contributed by atoms with E-state index in [2.05, 4.69) is 10.3 Å². The molecule has 29 heavy (non-hydrogen) atoms. The Kier molecular flexibility index (Phi) is 5.61. The molecule has 4 rings (SSSR count). The summed E-state index contributed by atoms with van der Waals surface area (Å²) in [4.78, 5) is 16.3. The van der Waals surface area contributed by atoms with Gasteiger partial charge in [0, 0.05) is 38.4 Å². The van der Waals surface area contributed by atoms with Gasteiger partial charge in [-0.3, -0.25) is 9.78 Å². The summed E-state index contributed by atoms with van der Waals surface area (Å²) in [7, 11) is -3.64. The molecule has 7 nitrogen and oxygen atoms in total. The van der Waals surface area contributed by atoms with Crippen LogP contribution in [0.3, 0.4) is 0 Å². The average molecular weight is 436 g/mol. The van der Waals surface area contributed by atoms with Gasteiger partial charge in [0.25, 0.3) is 0 Å². The first kappa shape index (κ1) is 20.3. The molecule has 1 spiro atoms. The summed E-state index contributed by atoms with van der Waals surface area (Å²) in [5.74, 6) is 0.0462. The topological polar surface area (TPSA) is 88.6 Å². The van der Waals surface area contributed by atoms with Gasteiger partial charge in [-0.05, 0) is 42.2 Å². The van der Waals surface area contributed by atoms with Crippen molar-refractivity contribution in [2.24, 2.45) is 5.92 Å². The standard InChI is InChI=1S/C20H22ClN3O4S/c21-17-3-1-2-4-18(17)29(26,27)24-13-20(14-24)10-16(12-28-20)9-19(25)23-11-15-5-7-22-8-6-15/h1-8,16H,9-14H2,(H,23,25). The van der Waals surface area contributed by atoms with Crippen LogP contribution in [0.25, 0.3) is 0 Å². The van der Waals surface area contributed by atoms with Crippen molar-refractivity contribution in [2.45, 2.75) is 29.9 Å². The second kappa shape index (κ2) is 8.02.